The second-order valence-electron chi connectivity index (χ2n) is 4.80. The highest BCUT2D eigenvalue weighted by atomic mass is 19.1. The molecule has 2 heterocycles. The molecule has 2 aromatic heterocycles. The summed E-state index contributed by atoms with van der Waals surface area (Å²) in [6.45, 7) is 1.57. The Labute approximate surface area is 120 Å². The highest BCUT2D eigenvalue weighted by molar-refractivity contribution is 5.35. The number of hydrogen-bond acceptors (Lipinski definition) is 4. The normalized spacial score (nSPS) is 13.9. The molecule has 1 N–H and O–H groups in total. The van der Waals surface area contributed by atoms with E-state index in [1.807, 2.05) is 30.3 Å². The average Bonchev–Trinajstić information content (AvgIpc) is 2.99. The fourth-order valence-corrected chi connectivity index (χ4v) is 2.12. The summed E-state index contributed by atoms with van der Waals surface area (Å²) in [4.78, 5) is 3.95. The first kappa shape index (κ1) is 13.4. The van der Waals surface area contributed by atoms with Crippen molar-refractivity contribution in [2.24, 2.45) is 0 Å². The fraction of sp³-hybridized carbons (Fsp3) is 0.133. The van der Waals surface area contributed by atoms with E-state index in [2.05, 4.69) is 15.3 Å². The molecule has 0 aliphatic rings. The zero-order valence-corrected chi connectivity index (χ0v) is 11.3. The van der Waals surface area contributed by atoms with Gasteiger partial charge in [-0.15, -0.1) is 5.10 Å². The molecular formula is C15H13FN4O. The predicted molar refractivity (Wildman–Crippen MR) is 74.2 cm³/mol. The predicted octanol–water partition coefficient (Wildman–Crippen LogP) is 2.06. The molecule has 1 unspecified atom stereocenters. The largest absolute Gasteiger partial charge is 0.377 e. The lowest BCUT2D eigenvalue weighted by atomic mass is 9.97. The van der Waals surface area contributed by atoms with Crippen LogP contribution in [0.25, 0.3) is 5.69 Å². The smallest absolute Gasteiger partial charge is 0.147 e. The quantitative estimate of drug-likeness (QED) is 0.799. The van der Waals surface area contributed by atoms with Gasteiger partial charge in [-0.3, -0.25) is 4.98 Å². The molecular weight excluding hydrogens is 271 g/mol. The van der Waals surface area contributed by atoms with E-state index in [9.17, 15) is 9.50 Å². The lowest BCUT2D eigenvalue weighted by Crippen LogP contribution is -2.27. The standard InChI is InChI=1S/C15H13FN4O/c1-15(21,13-8-7-11(16)9-17-13)14-10-18-19-20(14)12-5-3-2-4-6-12/h2-10,21H,1H3. The highest BCUT2D eigenvalue weighted by Gasteiger charge is 2.32. The van der Waals surface area contributed by atoms with Gasteiger partial charge in [-0.05, 0) is 31.2 Å². The van der Waals surface area contributed by atoms with Crippen molar-refractivity contribution in [1.82, 2.24) is 20.0 Å². The minimum Gasteiger partial charge on any atom is -0.377 e. The average molecular weight is 284 g/mol. The number of aromatic nitrogens is 4. The van der Waals surface area contributed by atoms with E-state index in [0.717, 1.165) is 11.9 Å². The SMILES string of the molecule is CC(O)(c1ccc(F)cn1)c1cnnn1-c1ccccc1. The summed E-state index contributed by atoms with van der Waals surface area (Å²) in [5.41, 5.74) is 0.108. The molecule has 3 rings (SSSR count). The summed E-state index contributed by atoms with van der Waals surface area (Å²) in [6.07, 6.45) is 2.54. The van der Waals surface area contributed by atoms with Gasteiger partial charge in [0.05, 0.1) is 23.8 Å². The summed E-state index contributed by atoms with van der Waals surface area (Å²) in [6, 6.07) is 12.0. The molecule has 0 saturated carbocycles. The Morgan fingerprint density at radius 1 is 1.10 bits per heavy atom. The van der Waals surface area contributed by atoms with Crippen LogP contribution in [0.15, 0.2) is 54.9 Å². The number of nitrogens with zero attached hydrogens (tertiary/aromatic N) is 4. The number of rotatable bonds is 3. The van der Waals surface area contributed by atoms with Crippen molar-refractivity contribution in [3.63, 3.8) is 0 Å². The van der Waals surface area contributed by atoms with E-state index >= 15 is 0 Å². The van der Waals surface area contributed by atoms with Crippen LogP contribution in [-0.4, -0.2) is 25.1 Å². The summed E-state index contributed by atoms with van der Waals surface area (Å²) in [5, 5.41) is 18.7. The van der Waals surface area contributed by atoms with Crippen molar-refractivity contribution in [2.75, 3.05) is 0 Å². The Balaban J connectivity index is 2.08. The van der Waals surface area contributed by atoms with E-state index in [1.54, 1.807) is 6.92 Å². The van der Waals surface area contributed by atoms with Crippen LogP contribution in [0.2, 0.25) is 0 Å². The van der Waals surface area contributed by atoms with Crippen LogP contribution in [0.4, 0.5) is 4.39 Å². The van der Waals surface area contributed by atoms with Gasteiger partial charge in [-0.1, -0.05) is 23.4 Å². The van der Waals surface area contributed by atoms with Gasteiger partial charge in [-0.2, -0.15) is 0 Å². The molecule has 0 saturated heterocycles. The third-order valence-corrected chi connectivity index (χ3v) is 3.27. The molecule has 3 aromatic rings. The van der Waals surface area contributed by atoms with Gasteiger partial charge in [0.1, 0.15) is 17.1 Å². The molecule has 1 aromatic carbocycles. The van der Waals surface area contributed by atoms with Crippen LogP contribution in [0, 0.1) is 5.82 Å². The molecule has 6 heteroatoms. The van der Waals surface area contributed by atoms with Gasteiger partial charge in [0.15, 0.2) is 0 Å². The number of benzene rings is 1. The number of pyridine rings is 1. The number of aliphatic hydroxyl groups is 1. The van der Waals surface area contributed by atoms with Crippen molar-refractivity contribution in [2.45, 2.75) is 12.5 Å². The van der Waals surface area contributed by atoms with Crippen molar-refractivity contribution in [1.29, 1.82) is 0 Å². The molecule has 106 valence electrons. The Bertz CT molecular complexity index is 738. The van der Waals surface area contributed by atoms with Gasteiger partial charge in [0.25, 0.3) is 0 Å². The maximum Gasteiger partial charge on any atom is 0.147 e. The highest BCUT2D eigenvalue weighted by Crippen LogP contribution is 2.28. The van der Waals surface area contributed by atoms with Crippen molar-refractivity contribution in [3.05, 3.63) is 72.1 Å². The first-order valence-electron chi connectivity index (χ1n) is 6.40. The maximum atomic E-state index is 13.0. The van der Waals surface area contributed by atoms with Crippen LogP contribution in [-0.2, 0) is 5.60 Å². The Hall–Kier alpha value is -2.60. The van der Waals surface area contributed by atoms with Gasteiger partial charge < -0.3 is 5.11 Å². The van der Waals surface area contributed by atoms with Crippen molar-refractivity contribution < 1.29 is 9.50 Å². The molecule has 21 heavy (non-hydrogen) atoms. The first-order chi connectivity index (χ1) is 10.1. The molecule has 1 atom stereocenters. The van der Waals surface area contributed by atoms with Crippen LogP contribution in [0.3, 0.4) is 0 Å². The van der Waals surface area contributed by atoms with Crippen LogP contribution in [0.5, 0.6) is 0 Å². The molecule has 0 aliphatic carbocycles. The molecule has 0 fully saturated rings. The van der Waals surface area contributed by atoms with Gasteiger partial charge in [0, 0.05) is 0 Å². The van der Waals surface area contributed by atoms with E-state index in [-0.39, 0.29) is 0 Å². The Kier molecular flexibility index (Phi) is 3.23. The van der Waals surface area contributed by atoms with E-state index < -0.39 is 11.4 Å². The molecule has 0 amide bonds. The lowest BCUT2D eigenvalue weighted by Gasteiger charge is -2.23. The Morgan fingerprint density at radius 3 is 2.52 bits per heavy atom. The Morgan fingerprint density at radius 2 is 1.86 bits per heavy atom. The summed E-state index contributed by atoms with van der Waals surface area (Å²) in [7, 11) is 0. The van der Waals surface area contributed by atoms with Crippen LogP contribution < -0.4 is 0 Å². The topological polar surface area (TPSA) is 63.8 Å². The molecule has 0 spiro atoms. The third kappa shape index (κ3) is 2.41. The summed E-state index contributed by atoms with van der Waals surface area (Å²) < 4.78 is 14.5. The van der Waals surface area contributed by atoms with Crippen LogP contribution in [0.1, 0.15) is 18.3 Å². The maximum absolute atomic E-state index is 13.0. The first-order valence-corrected chi connectivity index (χ1v) is 6.40. The molecule has 0 aliphatic heterocycles. The van der Waals surface area contributed by atoms with Crippen molar-refractivity contribution >= 4 is 0 Å². The third-order valence-electron chi connectivity index (χ3n) is 3.27. The minimum atomic E-state index is -1.44. The van der Waals surface area contributed by atoms with Gasteiger partial charge in [0.2, 0.25) is 0 Å². The molecule has 0 radical (unpaired) electrons. The van der Waals surface area contributed by atoms with E-state index in [4.69, 9.17) is 0 Å². The monoisotopic (exact) mass is 284 g/mol. The number of hydrogen-bond donors (Lipinski definition) is 1. The zero-order valence-electron chi connectivity index (χ0n) is 11.3. The minimum absolute atomic E-state index is 0.323. The molecule has 5 nitrogen and oxygen atoms in total. The number of halogens is 1. The lowest BCUT2D eigenvalue weighted by molar-refractivity contribution is 0.0897. The zero-order chi connectivity index (χ0) is 14.9. The summed E-state index contributed by atoms with van der Waals surface area (Å²) in [5.74, 6) is -0.454. The van der Waals surface area contributed by atoms with E-state index in [1.165, 1.54) is 23.0 Å². The second-order valence-corrected chi connectivity index (χ2v) is 4.80. The van der Waals surface area contributed by atoms with Crippen molar-refractivity contribution in [3.8, 4) is 5.69 Å². The van der Waals surface area contributed by atoms with Gasteiger partial charge in [-0.25, -0.2) is 9.07 Å². The molecule has 0 bridgehead atoms. The van der Waals surface area contributed by atoms with E-state index in [0.29, 0.717) is 11.4 Å². The fourth-order valence-electron chi connectivity index (χ4n) is 2.12. The second kappa shape index (κ2) is 5.06. The van der Waals surface area contributed by atoms with Gasteiger partial charge >= 0.3 is 0 Å². The number of para-hydroxylation sites is 1. The summed E-state index contributed by atoms with van der Waals surface area (Å²) >= 11 is 0. The van der Waals surface area contributed by atoms with Crippen LogP contribution >= 0.6 is 0 Å².